The summed E-state index contributed by atoms with van der Waals surface area (Å²) < 4.78 is 5.46. The smallest absolute Gasteiger partial charge is 0.305 e. The Morgan fingerprint density at radius 1 is 1.12 bits per heavy atom. The topological polar surface area (TPSA) is 75.6 Å². The van der Waals surface area contributed by atoms with Crippen molar-refractivity contribution in [3.8, 4) is 5.75 Å². The number of nitrogens with one attached hydrogen (secondary N) is 1. The van der Waals surface area contributed by atoms with Crippen LogP contribution in [0.1, 0.15) is 29.2 Å². The van der Waals surface area contributed by atoms with Crippen LogP contribution < -0.4 is 10.1 Å². The van der Waals surface area contributed by atoms with Crippen LogP contribution in [-0.4, -0.2) is 23.6 Å². The van der Waals surface area contributed by atoms with Gasteiger partial charge in [-0.05, 0) is 42.7 Å². The Balaban J connectivity index is 2.02. The number of aryl methyl sites for hydroxylation is 2. The average Bonchev–Trinajstić information content (AvgIpc) is 2.52. The van der Waals surface area contributed by atoms with Crippen LogP contribution in [0.3, 0.4) is 0 Å². The van der Waals surface area contributed by atoms with Gasteiger partial charge in [-0.25, -0.2) is 0 Å². The summed E-state index contributed by atoms with van der Waals surface area (Å²) in [7, 11) is 0. The minimum Gasteiger partial charge on any atom is -0.484 e. The molecule has 5 nitrogen and oxygen atoms in total. The summed E-state index contributed by atoms with van der Waals surface area (Å²) in [6.07, 6.45) is -0.180. The third-order valence-corrected chi connectivity index (χ3v) is 3.64. The Hall–Kier alpha value is -2.82. The van der Waals surface area contributed by atoms with Crippen molar-refractivity contribution in [2.24, 2.45) is 0 Å². The van der Waals surface area contributed by atoms with Crippen molar-refractivity contribution in [3.05, 3.63) is 65.2 Å². The van der Waals surface area contributed by atoms with Crippen LogP contribution in [0.2, 0.25) is 0 Å². The van der Waals surface area contributed by atoms with E-state index in [2.05, 4.69) is 5.32 Å². The molecule has 0 aliphatic heterocycles. The van der Waals surface area contributed by atoms with Crippen LogP contribution in [0.25, 0.3) is 0 Å². The average molecular weight is 327 g/mol. The normalized spacial score (nSPS) is 11.6. The summed E-state index contributed by atoms with van der Waals surface area (Å²) in [6, 6.07) is 14.2. The molecule has 0 fully saturated rings. The molecule has 2 aromatic rings. The molecule has 0 aromatic heterocycles. The van der Waals surface area contributed by atoms with E-state index in [1.807, 2.05) is 56.3 Å². The van der Waals surface area contributed by atoms with E-state index in [1.165, 1.54) is 0 Å². The first-order valence-electron chi connectivity index (χ1n) is 7.72. The van der Waals surface area contributed by atoms with E-state index in [0.717, 1.165) is 16.7 Å². The molecule has 0 aliphatic carbocycles. The largest absolute Gasteiger partial charge is 0.484 e. The predicted molar refractivity (Wildman–Crippen MR) is 91.0 cm³/mol. The lowest BCUT2D eigenvalue weighted by atomic mass is 9.99. The van der Waals surface area contributed by atoms with Crippen LogP contribution in [0.5, 0.6) is 5.75 Å². The Morgan fingerprint density at radius 2 is 1.88 bits per heavy atom. The number of hydrogen-bond acceptors (Lipinski definition) is 3. The van der Waals surface area contributed by atoms with E-state index < -0.39 is 12.0 Å². The molecule has 0 radical (unpaired) electrons. The quantitative estimate of drug-likeness (QED) is 0.819. The number of benzene rings is 2. The van der Waals surface area contributed by atoms with E-state index in [9.17, 15) is 9.59 Å². The molecule has 2 N–H and O–H groups in total. The van der Waals surface area contributed by atoms with Gasteiger partial charge >= 0.3 is 5.97 Å². The highest BCUT2D eigenvalue weighted by Crippen LogP contribution is 2.20. The van der Waals surface area contributed by atoms with E-state index in [0.29, 0.717) is 5.75 Å². The van der Waals surface area contributed by atoms with Gasteiger partial charge in [-0.3, -0.25) is 9.59 Å². The molecule has 2 aromatic carbocycles. The molecule has 0 saturated carbocycles. The van der Waals surface area contributed by atoms with E-state index >= 15 is 0 Å². The van der Waals surface area contributed by atoms with Gasteiger partial charge < -0.3 is 15.2 Å². The number of carbonyl (C=O) groups excluding carboxylic acids is 1. The molecule has 24 heavy (non-hydrogen) atoms. The van der Waals surface area contributed by atoms with Gasteiger partial charge in [-0.15, -0.1) is 0 Å². The molecule has 126 valence electrons. The molecule has 1 atom stereocenters. The number of carboxylic acids is 1. The Labute approximate surface area is 141 Å². The molecule has 0 bridgehead atoms. The van der Waals surface area contributed by atoms with Crippen LogP contribution in [0.15, 0.2) is 48.5 Å². The molecule has 0 saturated heterocycles. The fraction of sp³-hybridized carbons (Fsp3) is 0.263. The first-order valence-corrected chi connectivity index (χ1v) is 7.72. The van der Waals surface area contributed by atoms with Crippen LogP contribution in [0.4, 0.5) is 0 Å². The second-order valence-electron chi connectivity index (χ2n) is 5.68. The molecule has 5 heteroatoms. The Morgan fingerprint density at radius 3 is 2.54 bits per heavy atom. The monoisotopic (exact) mass is 327 g/mol. The minimum atomic E-state index is -0.969. The maximum Gasteiger partial charge on any atom is 0.305 e. The molecular weight excluding hydrogens is 306 g/mol. The number of hydrogen-bond donors (Lipinski definition) is 2. The van der Waals surface area contributed by atoms with Crippen molar-refractivity contribution in [1.82, 2.24) is 5.32 Å². The minimum absolute atomic E-state index is 0.161. The molecular formula is C19H21NO4. The maximum absolute atomic E-state index is 12.1. The summed E-state index contributed by atoms with van der Waals surface area (Å²) in [5.41, 5.74) is 2.77. The molecule has 0 spiro atoms. The van der Waals surface area contributed by atoms with Gasteiger partial charge in [0.25, 0.3) is 5.91 Å². The standard InChI is InChI=1S/C19H21NO4/c1-13-6-5-8-15(10-13)24-12-18(21)20-17(11-19(22)23)16-9-4-3-7-14(16)2/h3-10,17H,11-12H2,1-2H3,(H,20,21)(H,22,23). The second kappa shape index (κ2) is 8.15. The third kappa shape index (κ3) is 5.12. The van der Waals surface area contributed by atoms with Crippen LogP contribution in [-0.2, 0) is 9.59 Å². The fourth-order valence-electron chi connectivity index (χ4n) is 2.48. The van der Waals surface area contributed by atoms with Crippen molar-refractivity contribution in [1.29, 1.82) is 0 Å². The van der Waals surface area contributed by atoms with Gasteiger partial charge in [0.1, 0.15) is 5.75 Å². The van der Waals surface area contributed by atoms with Gasteiger partial charge in [0, 0.05) is 0 Å². The van der Waals surface area contributed by atoms with E-state index in [-0.39, 0.29) is 18.9 Å². The van der Waals surface area contributed by atoms with Gasteiger partial charge in [0.2, 0.25) is 0 Å². The fourth-order valence-corrected chi connectivity index (χ4v) is 2.48. The third-order valence-electron chi connectivity index (χ3n) is 3.64. The zero-order chi connectivity index (χ0) is 17.5. The first kappa shape index (κ1) is 17.5. The lowest BCUT2D eigenvalue weighted by molar-refractivity contribution is -0.137. The molecule has 0 aliphatic rings. The van der Waals surface area contributed by atoms with Crippen molar-refractivity contribution < 1.29 is 19.4 Å². The predicted octanol–water partition coefficient (Wildman–Crippen LogP) is 3.01. The number of amides is 1. The lowest BCUT2D eigenvalue weighted by Gasteiger charge is -2.19. The van der Waals surface area contributed by atoms with Crippen molar-refractivity contribution >= 4 is 11.9 Å². The number of rotatable bonds is 7. The Bertz CT molecular complexity index is 727. The van der Waals surface area contributed by atoms with Gasteiger partial charge in [0.15, 0.2) is 6.61 Å². The summed E-state index contributed by atoms with van der Waals surface area (Å²) >= 11 is 0. The molecule has 1 unspecified atom stereocenters. The highest BCUT2D eigenvalue weighted by atomic mass is 16.5. The summed E-state index contributed by atoms with van der Waals surface area (Å²) in [5, 5.41) is 11.9. The van der Waals surface area contributed by atoms with E-state index in [4.69, 9.17) is 9.84 Å². The number of aliphatic carboxylic acids is 1. The summed E-state index contributed by atoms with van der Waals surface area (Å²) in [5.74, 6) is -0.718. The first-order chi connectivity index (χ1) is 11.5. The number of ether oxygens (including phenoxy) is 1. The van der Waals surface area contributed by atoms with E-state index in [1.54, 1.807) is 6.07 Å². The van der Waals surface area contributed by atoms with Crippen LogP contribution >= 0.6 is 0 Å². The zero-order valence-corrected chi connectivity index (χ0v) is 13.8. The Kier molecular flexibility index (Phi) is 5.95. The molecule has 1 amide bonds. The zero-order valence-electron chi connectivity index (χ0n) is 13.8. The highest BCUT2D eigenvalue weighted by molar-refractivity contribution is 5.79. The van der Waals surface area contributed by atoms with Crippen LogP contribution in [0, 0.1) is 13.8 Å². The van der Waals surface area contributed by atoms with Gasteiger partial charge in [-0.1, -0.05) is 36.4 Å². The number of carboxylic acid groups (broad SMARTS) is 1. The maximum atomic E-state index is 12.1. The lowest BCUT2D eigenvalue weighted by Crippen LogP contribution is -2.34. The second-order valence-corrected chi connectivity index (χ2v) is 5.68. The number of carbonyl (C=O) groups is 2. The van der Waals surface area contributed by atoms with Crippen molar-refractivity contribution in [2.75, 3.05) is 6.61 Å². The van der Waals surface area contributed by atoms with Gasteiger partial charge in [-0.2, -0.15) is 0 Å². The van der Waals surface area contributed by atoms with Crippen molar-refractivity contribution in [3.63, 3.8) is 0 Å². The van der Waals surface area contributed by atoms with Crippen molar-refractivity contribution in [2.45, 2.75) is 26.3 Å². The molecule has 2 rings (SSSR count). The summed E-state index contributed by atoms with van der Waals surface area (Å²) in [4.78, 5) is 23.3. The molecule has 0 heterocycles. The summed E-state index contributed by atoms with van der Waals surface area (Å²) in [6.45, 7) is 3.67. The SMILES string of the molecule is Cc1cccc(OCC(=O)NC(CC(=O)O)c2ccccc2C)c1. The van der Waals surface area contributed by atoms with Gasteiger partial charge in [0.05, 0.1) is 12.5 Å². The highest BCUT2D eigenvalue weighted by Gasteiger charge is 2.19.